The van der Waals surface area contributed by atoms with Crippen molar-refractivity contribution < 1.29 is 0 Å². The topological polar surface area (TPSA) is 50.3 Å². The Morgan fingerprint density at radius 1 is 1.33 bits per heavy atom. The minimum absolute atomic E-state index is 0.611. The Morgan fingerprint density at radius 3 is 2.61 bits per heavy atom. The zero-order valence-corrected chi connectivity index (χ0v) is 11.7. The average molecular weight is 251 g/mol. The fourth-order valence-corrected chi connectivity index (χ4v) is 2.63. The molecule has 1 fully saturated rings. The Bertz CT molecular complexity index is 363. The van der Waals surface area contributed by atoms with E-state index in [2.05, 4.69) is 46.4 Å². The number of hydrogen-bond acceptors (Lipinski definition) is 4. The molecule has 2 heterocycles. The van der Waals surface area contributed by atoms with Crippen molar-refractivity contribution in [2.45, 2.75) is 39.0 Å². The number of piperazine rings is 1. The molecule has 5 heteroatoms. The highest BCUT2D eigenvalue weighted by Crippen LogP contribution is 2.15. The lowest BCUT2D eigenvalue weighted by atomic mass is 10.1. The van der Waals surface area contributed by atoms with Gasteiger partial charge in [0.1, 0.15) is 0 Å². The highest BCUT2D eigenvalue weighted by molar-refractivity contribution is 4.98. The Kier molecular flexibility index (Phi) is 4.37. The van der Waals surface area contributed by atoms with Crippen LogP contribution in [0.4, 0.5) is 0 Å². The van der Waals surface area contributed by atoms with Crippen LogP contribution in [0, 0.1) is 0 Å². The van der Waals surface area contributed by atoms with Gasteiger partial charge in [0.05, 0.1) is 12.0 Å². The summed E-state index contributed by atoms with van der Waals surface area (Å²) in [5, 5.41) is 0. The average Bonchev–Trinajstić information content (AvgIpc) is 2.74. The molecule has 0 spiro atoms. The number of hydrogen-bond donors (Lipinski definition) is 1. The second-order valence-corrected chi connectivity index (χ2v) is 5.45. The molecule has 5 nitrogen and oxygen atoms in total. The van der Waals surface area contributed by atoms with E-state index in [1.54, 1.807) is 0 Å². The molecule has 0 saturated carbocycles. The summed E-state index contributed by atoms with van der Waals surface area (Å²) >= 11 is 0. The van der Waals surface area contributed by atoms with Crippen molar-refractivity contribution in [3.63, 3.8) is 0 Å². The molecule has 1 aliphatic heterocycles. The fourth-order valence-electron chi connectivity index (χ4n) is 2.63. The third-order valence-electron chi connectivity index (χ3n) is 3.89. The third kappa shape index (κ3) is 3.10. The van der Waals surface area contributed by atoms with Crippen LogP contribution in [0.2, 0.25) is 0 Å². The first kappa shape index (κ1) is 13.5. The third-order valence-corrected chi connectivity index (χ3v) is 3.89. The van der Waals surface area contributed by atoms with Crippen molar-refractivity contribution in [3.05, 3.63) is 18.2 Å². The van der Waals surface area contributed by atoms with Gasteiger partial charge in [0, 0.05) is 51.0 Å². The van der Waals surface area contributed by atoms with E-state index in [4.69, 9.17) is 5.73 Å². The summed E-state index contributed by atoms with van der Waals surface area (Å²) in [4.78, 5) is 9.39. The summed E-state index contributed by atoms with van der Waals surface area (Å²) in [6.45, 7) is 9.27. The normalized spacial score (nSPS) is 26.7. The summed E-state index contributed by atoms with van der Waals surface area (Å²) in [5.74, 6) is 0. The van der Waals surface area contributed by atoms with Gasteiger partial charge >= 0.3 is 0 Å². The van der Waals surface area contributed by atoms with E-state index in [0.717, 1.165) is 31.9 Å². The molecule has 1 saturated heterocycles. The Labute approximate surface area is 110 Å². The van der Waals surface area contributed by atoms with E-state index in [1.165, 1.54) is 0 Å². The summed E-state index contributed by atoms with van der Waals surface area (Å²) in [6, 6.07) is 1.22. The minimum Gasteiger partial charge on any atom is -0.336 e. The van der Waals surface area contributed by atoms with Gasteiger partial charge in [-0.05, 0) is 20.9 Å². The second kappa shape index (κ2) is 5.82. The quantitative estimate of drug-likeness (QED) is 0.840. The van der Waals surface area contributed by atoms with E-state index < -0.39 is 0 Å². The zero-order valence-electron chi connectivity index (χ0n) is 11.7. The van der Waals surface area contributed by atoms with Gasteiger partial charge in [-0.3, -0.25) is 9.80 Å². The molecule has 0 bridgehead atoms. The van der Waals surface area contributed by atoms with Gasteiger partial charge in [0.2, 0.25) is 0 Å². The predicted octanol–water partition coefficient (Wildman–Crippen LogP) is 0.366. The van der Waals surface area contributed by atoms with Crippen LogP contribution in [-0.2, 0) is 13.1 Å². The van der Waals surface area contributed by atoms with Crippen LogP contribution in [0.25, 0.3) is 0 Å². The Morgan fingerprint density at radius 2 is 2.00 bits per heavy atom. The number of aromatic nitrogens is 2. The molecule has 0 aromatic carbocycles. The number of rotatable bonds is 4. The van der Waals surface area contributed by atoms with Crippen molar-refractivity contribution in [3.8, 4) is 0 Å². The molecule has 18 heavy (non-hydrogen) atoms. The molecule has 2 N–H and O–H groups in total. The van der Waals surface area contributed by atoms with Crippen LogP contribution in [0.5, 0.6) is 0 Å². The highest BCUT2D eigenvalue weighted by Gasteiger charge is 2.26. The first-order chi connectivity index (χ1) is 8.60. The summed E-state index contributed by atoms with van der Waals surface area (Å²) in [6.07, 6.45) is 3.99. The molecule has 1 aliphatic rings. The molecule has 1 aromatic heterocycles. The van der Waals surface area contributed by atoms with Gasteiger partial charge in [0.15, 0.2) is 0 Å². The second-order valence-electron chi connectivity index (χ2n) is 5.45. The van der Waals surface area contributed by atoms with E-state index in [9.17, 15) is 0 Å². The number of nitrogens with zero attached hydrogens (tertiary/aromatic N) is 4. The minimum atomic E-state index is 0.611. The highest BCUT2D eigenvalue weighted by atomic mass is 15.3. The van der Waals surface area contributed by atoms with Gasteiger partial charge in [-0.15, -0.1) is 0 Å². The Hall–Kier alpha value is -0.910. The Balaban J connectivity index is 1.92. The fraction of sp³-hybridized carbons (Fsp3) is 0.769. The lowest BCUT2D eigenvalue weighted by Crippen LogP contribution is -2.54. The lowest BCUT2D eigenvalue weighted by Gasteiger charge is -2.42. The molecule has 0 amide bonds. The lowest BCUT2D eigenvalue weighted by molar-refractivity contribution is 0.0550. The summed E-state index contributed by atoms with van der Waals surface area (Å²) in [5.41, 5.74) is 6.69. The van der Waals surface area contributed by atoms with Crippen molar-refractivity contribution in [2.75, 3.05) is 26.7 Å². The summed E-state index contributed by atoms with van der Waals surface area (Å²) < 4.78 is 2.07. The molecule has 2 rings (SSSR count). The first-order valence-corrected chi connectivity index (χ1v) is 6.75. The van der Waals surface area contributed by atoms with Crippen LogP contribution in [-0.4, -0.2) is 58.1 Å². The van der Waals surface area contributed by atoms with Crippen molar-refractivity contribution in [2.24, 2.45) is 5.73 Å². The van der Waals surface area contributed by atoms with Crippen LogP contribution < -0.4 is 5.73 Å². The van der Waals surface area contributed by atoms with Gasteiger partial charge in [0.25, 0.3) is 0 Å². The molecular formula is C13H25N5. The van der Waals surface area contributed by atoms with E-state index in [-0.39, 0.29) is 0 Å². The van der Waals surface area contributed by atoms with Crippen LogP contribution in [0.15, 0.2) is 12.5 Å². The molecule has 2 atom stereocenters. The number of nitrogens with two attached hydrogens (primary N) is 1. The summed E-state index contributed by atoms with van der Waals surface area (Å²) in [7, 11) is 2.21. The SMILES string of the molecule is CC1CN(Cc2cn(CCN)cn2)CC(C)N1C. The molecular weight excluding hydrogens is 226 g/mol. The van der Waals surface area contributed by atoms with Gasteiger partial charge in [-0.25, -0.2) is 4.98 Å². The smallest absolute Gasteiger partial charge is 0.0950 e. The molecule has 102 valence electrons. The molecule has 1 aromatic rings. The number of imidazole rings is 1. The zero-order chi connectivity index (χ0) is 13.1. The van der Waals surface area contributed by atoms with Gasteiger partial charge < -0.3 is 10.3 Å². The van der Waals surface area contributed by atoms with Crippen LogP contribution >= 0.6 is 0 Å². The first-order valence-electron chi connectivity index (χ1n) is 6.75. The number of likely N-dealkylation sites (N-methyl/N-ethyl adjacent to an activating group) is 1. The molecule has 0 radical (unpaired) electrons. The largest absolute Gasteiger partial charge is 0.336 e. The van der Waals surface area contributed by atoms with E-state index in [0.29, 0.717) is 18.6 Å². The van der Waals surface area contributed by atoms with Gasteiger partial charge in [-0.2, -0.15) is 0 Å². The van der Waals surface area contributed by atoms with Crippen LogP contribution in [0.3, 0.4) is 0 Å². The van der Waals surface area contributed by atoms with E-state index >= 15 is 0 Å². The van der Waals surface area contributed by atoms with Gasteiger partial charge in [-0.1, -0.05) is 0 Å². The van der Waals surface area contributed by atoms with E-state index in [1.807, 2.05) is 6.33 Å². The predicted molar refractivity (Wildman–Crippen MR) is 73.2 cm³/mol. The monoisotopic (exact) mass is 251 g/mol. The van der Waals surface area contributed by atoms with Crippen LogP contribution in [0.1, 0.15) is 19.5 Å². The maximum Gasteiger partial charge on any atom is 0.0950 e. The maximum absolute atomic E-state index is 5.54. The molecule has 0 aliphatic carbocycles. The maximum atomic E-state index is 5.54. The standard InChI is InChI=1S/C13H25N5/c1-11-6-18(7-12(2)16(11)3)9-13-8-17(5-4-14)10-15-13/h8,10-12H,4-7,9,14H2,1-3H3. The van der Waals surface area contributed by atoms with Crippen molar-refractivity contribution >= 4 is 0 Å². The van der Waals surface area contributed by atoms with Crippen molar-refractivity contribution in [1.29, 1.82) is 0 Å². The molecule has 2 unspecified atom stereocenters. The van der Waals surface area contributed by atoms with Crippen molar-refractivity contribution in [1.82, 2.24) is 19.4 Å².